The van der Waals surface area contributed by atoms with Crippen molar-refractivity contribution in [2.24, 2.45) is 0 Å². The van der Waals surface area contributed by atoms with Crippen molar-refractivity contribution in [3.8, 4) is 0 Å². The van der Waals surface area contributed by atoms with E-state index in [4.69, 9.17) is 0 Å². The molecule has 0 radical (unpaired) electrons. The zero-order valence-electron chi connectivity index (χ0n) is 13.3. The third-order valence-electron chi connectivity index (χ3n) is 3.24. The Kier molecular flexibility index (Phi) is 6.96. The SMILES string of the molecule is COC(=O)/C=C/Cc1ccccc1C=C=CS(=O)c1ccccc1. The van der Waals surface area contributed by atoms with Gasteiger partial charge in [-0.2, -0.15) is 0 Å². The molecule has 1 atom stereocenters. The number of esters is 1. The average molecular weight is 338 g/mol. The van der Waals surface area contributed by atoms with Crippen molar-refractivity contribution >= 4 is 22.8 Å². The number of hydrogen-bond donors (Lipinski definition) is 0. The van der Waals surface area contributed by atoms with Gasteiger partial charge in [0.25, 0.3) is 0 Å². The van der Waals surface area contributed by atoms with E-state index in [-0.39, 0.29) is 5.97 Å². The van der Waals surface area contributed by atoms with Crippen molar-refractivity contribution in [2.45, 2.75) is 11.3 Å². The summed E-state index contributed by atoms with van der Waals surface area (Å²) in [5.41, 5.74) is 5.00. The van der Waals surface area contributed by atoms with Crippen molar-refractivity contribution in [3.05, 3.63) is 89.0 Å². The Balaban J connectivity index is 2.12. The van der Waals surface area contributed by atoms with Gasteiger partial charge >= 0.3 is 5.97 Å². The van der Waals surface area contributed by atoms with E-state index in [0.717, 1.165) is 16.0 Å². The summed E-state index contributed by atoms with van der Waals surface area (Å²) in [4.78, 5) is 11.8. The average Bonchev–Trinajstić information content (AvgIpc) is 2.63. The predicted molar refractivity (Wildman–Crippen MR) is 96.7 cm³/mol. The third-order valence-corrected chi connectivity index (χ3v) is 4.32. The molecule has 2 aromatic carbocycles. The third kappa shape index (κ3) is 5.51. The minimum Gasteiger partial charge on any atom is -0.466 e. The summed E-state index contributed by atoms with van der Waals surface area (Å²) in [7, 11) is 0.129. The molecule has 1 unspecified atom stereocenters. The van der Waals surface area contributed by atoms with Crippen LogP contribution in [-0.4, -0.2) is 17.3 Å². The molecule has 0 aromatic heterocycles. The van der Waals surface area contributed by atoms with Crippen molar-refractivity contribution in [1.82, 2.24) is 0 Å². The highest BCUT2D eigenvalue weighted by atomic mass is 32.2. The van der Waals surface area contributed by atoms with Gasteiger partial charge in [0.15, 0.2) is 0 Å². The summed E-state index contributed by atoms with van der Waals surface area (Å²) in [6.07, 6.45) is 5.55. The predicted octanol–water partition coefficient (Wildman–Crippen LogP) is 3.89. The first-order valence-corrected chi connectivity index (χ1v) is 8.62. The fourth-order valence-corrected chi connectivity index (χ4v) is 2.77. The molecular weight excluding hydrogens is 320 g/mol. The second kappa shape index (κ2) is 9.46. The molecule has 0 aliphatic carbocycles. The number of carbonyl (C=O) groups is 1. The Morgan fingerprint density at radius 3 is 2.58 bits per heavy atom. The van der Waals surface area contributed by atoms with E-state index in [0.29, 0.717) is 6.42 Å². The first kappa shape index (κ1) is 17.7. The van der Waals surface area contributed by atoms with Gasteiger partial charge in [-0.3, -0.25) is 0 Å². The summed E-state index contributed by atoms with van der Waals surface area (Å²) < 4.78 is 16.7. The van der Waals surface area contributed by atoms with Crippen LogP contribution in [0.5, 0.6) is 0 Å². The number of carbonyl (C=O) groups excluding carboxylic acids is 1. The van der Waals surface area contributed by atoms with E-state index in [1.807, 2.05) is 54.6 Å². The normalized spacial score (nSPS) is 11.5. The lowest BCUT2D eigenvalue weighted by atomic mass is 10.0. The summed E-state index contributed by atoms with van der Waals surface area (Å²) in [6.45, 7) is 0. The Morgan fingerprint density at radius 2 is 1.83 bits per heavy atom. The highest BCUT2D eigenvalue weighted by Gasteiger charge is 1.98. The monoisotopic (exact) mass is 338 g/mol. The number of benzene rings is 2. The molecule has 0 saturated carbocycles. The fraction of sp³-hybridized carbons (Fsp3) is 0.100. The molecule has 0 spiro atoms. The maximum atomic E-state index is 12.1. The molecule has 0 N–H and O–H groups in total. The van der Waals surface area contributed by atoms with Crippen LogP contribution < -0.4 is 0 Å². The molecule has 3 nitrogen and oxygen atoms in total. The van der Waals surface area contributed by atoms with Crippen LogP contribution in [0.25, 0.3) is 6.08 Å². The van der Waals surface area contributed by atoms with Crippen LogP contribution >= 0.6 is 0 Å². The summed E-state index contributed by atoms with van der Waals surface area (Å²) >= 11 is 0. The highest BCUT2D eigenvalue weighted by molar-refractivity contribution is 7.88. The second-order valence-corrected chi connectivity index (χ2v) is 6.17. The van der Waals surface area contributed by atoms with E-state index in [1.165, 1.54) is 18.6 Å². The largest absolute Gasteiger partial charge is 0.466 e. The van der Waals surface area contributed by atoms with Crippen molar-refractivity contribution in [3.63, 3.8) is 0 Å². The minimum atomic E-state index is -1.22. The number of allylic oxidation sites excluding steroid dienone is 1. The minimum absolute atomic E-state index is 0.374. The molecule has 122 valence electrons. The van der Waals surface area contributed by atoms with Gasteiger partial charge in [0.05, 0.1) is 17.9 Å². The molecule has 0 fully saturated rings. The van der Waals surface area contributed by atoms with E-state index >= 15 is 0 Å². The molecular formula is C20H18O3S. The van der Waals surface area contributed by atoms with Crippen LogP contribution in [0.2, 0.25) is 0 Å². The number of methoxy groups -OCH3 is 1. The van der Waals surface area contributed by atoms with E-state index in [1.54, 1.807) is 12.2 Å². The maximum Gasteiger partial charge on any atom is 0.330 e. The maximum absolute atomic E-state index is 12.1. The van der Waals surface area contributed by atoms with Crippen LogP contribution in [0.1, 0.15) is 11.1 Å². The van der Waals surface area contributed by atoms with Gasteiger partial charge in [-0.15, -0.1) is 5.73 Å². The van der Waals surface area contributed by atoms with Crippen molar-refractivity contribution in [2.75, 3.05) is 7.11 Å². The number of rotatable bonds is 6. The second-order valence-electron chi connectivity index (χ2n) is 4.87. The van der Waals surface area contributed by atoms with Gasteiger partial charge in [-0.1, -0.05) is 48.5 Å². The molecule has 2 aromatic rings. The van der Waals surface area contributed by atoms with Gasteiger partial charge in [0.1, 0.15) is 0 Å². The summed E-state index contributed by atoms with van der Waals surface area (Å²) in [6, 6.07) is 17.0. The Labute approximate surface area is 144 Å². The van der Waals surface area contributed by atoms with Crippen LogP contribution in [-0.2, 0) is 26.8 Å². The van der Waals surface area contributed by atoms with Crippen molar-refractivity contribution in [1.29, 1.82) is 0 Å². The lowest BCUT2D eigenvalue weighted by Crippen LogP contribution is -1.94. The molecule has 2 rings (SSSR count). The zero-order valence-corrected chi connectivity index (χ0v) is 14.2. The van der Waals surface area contributed by atoms with E-state index in [9.17, 15) is 9.00 Å². The first-order chi connectivity index (χ1) is 11.7. The van der Waals surface area contributed by atoms with E-state index < -0.39 is 10.8 Å². The van der Waals surface area contributed by atoms with Gasteiger partial charge in [-0.05, 0) is 35.8 Å². The molecule has 24 heavy (non-hydrogen) atoms. The smallest absolute Gasteiger partial charge is 0.330 e. The van der Waals surface area contributed by atoms with Crippen LogP contribution in [0, 0.1) is 0 Å². The Hall–Kier alpha value is -2.68. The lowest BCUT2D eigenvalue weighted by Gasteiger charge is -2.01. The lowest BCUT2D eigenvalue weighted by molar-refractivity contribution is -0.134. The van der Waals surface area contributed by atoms with Crippen LogP contribution in [0.4, 0.5) is 0 Å². The van der Waals surface area contributed by atoms with Gasteiger partial charge in [0, 0.05) is 16.4 Å². The standard InChI is InChI=1S/C20H18O3S/c1-23-20(21)15-7-11-17-9-5-6-10-18(17)12-8-16-24(22)19-13-3-2-4-14-19/h2-7,9-10,12-16H,11H2,1H3/b15-7+. The molecule has 0 bridgehead atoms. The quantitative estimate of drug-likeness (QED) is 0.456. The van der Waals surface area contributed by atoms with Crippen LogP contribution in [0.3, 0.4) is 0 Å². The first-order valence-electron chi connectivity index (χ1n) is 7.41. The molecule has 0 amide bonds. The van der Waals surface area contributed by atoms with Crippen molar-refractivity contribution < 1.29 is 13.7 Å². The van der Waals surface area contributed by atoms with Gasteiger partial charge in [-0.25, -0.2) is 9.00 Å². The summed E-state index contributed by atoms with van der Waals surface area (Å²) in [5, 5.41) is 1.54. The Morgan fingerprint density at radius 1 is 1.12 bits per heavy atom. The van der Waals surface area contributed by atoms with E-state index in [2.05, 4.69) is 10.5 Å². The number of ether oxygens (including phenoxy) is 1. The fourth-order valence-electron chi connectivity index (χ4n) is 2.02. The van der Waals surface area contributed by atoms with Crippen LogP contribution in [0.15, 0.2) is 82.8 Å². The molecule has 0 aliphatic heterocycles. The zero-order chi connectivity index (χ0) is 17.2. The van der Waals surface area contributed by atoms with Gasteiger partial charge < -0.3 is 4.74 Å². The topological polar surface area (TPSA) is 43.4 Å². The number of hydrogen-bond acceptors (Lipinski definition) is 3. The molecule has 0 aliphatic rings. The Bertz CT molecular complexity index is 801. The highest BCUT2D eigenvalue weighted by Crippen LogP contribution is 2.12. The molecule has 0 heterocycles. The summed E-state index contributed by atoms with van der Waals surface area (Å²) in [5.74, 6) is -0.374. The molecule has 0 saturated heterocycles. The molecule has 4 heteroatoms. The van der Waals surface area contributed by atoms with Gasteiger partial charge in [0.2, 0.25) is 0 Å².